The van der Waals surface area contributed by atoms with Gasteiger partial charge in [-0.1, -0.05) is 54.3 Å². The second-order valence-electron chi connectivity index (χ2n) is 7.26. The molecule has 0 unspecified atom stereocenters. The largest absolute Gasteiger partial charge is 0.361 e. The van der Waals surface area contributed by atoms with Gasteiger partial charge >= 0.3 is 0 Å². The summed E-state index contributed by atoms with van der Waals surface area (Å²) in [5, 5.41) is 0. The molecule has 0 radical (unpaired) electrons. The molecule has 4 rings (SSSR count). The number of anilines is 1. The summed E-state index contributed by atoms with van der Waals surface area (Å²) in [5.74, 6) is 6.39. The van der Waals surface area contributed by atoms with Gasteiger partial charge in [-0.3, -0.25) is 4.90 Å². The van der Waals surface area contributed by atoms with Gasteiger partial charge in [-0.25, -0.2) is 4.39 Å². The SMILES string of the molecule is CN1CN(Cc2cccc(F)c2)Cc2cc(C#CCc3ccccc3)ccc21. The zero-order valence-electron chi connectivity index (χ0n) is 16.0. The topological polar surface area (TPSA) is 6.48 Å². The molecule has 1 heterocycles. The van der Waals surface area contributed by atoms with E-state index in [0.717, 1.165) is 37.3 Å². The standard InChI is InChI=1S/C25H23FN2/c1-27-19-28(17-22-11-6-12-24(26)16-22)18-23-15-21(13-14-25(23)27)10-5-9-20-7-3-2-4-8-20/h2-4,6-8,11-16H,9,17-19H2,1H3. The Kier molecular flexibility index (Phi) is 5.41. The fourth-order valence-electron chi connectivity index (χ4n) is 3.67. The van der Waals surface area contributed by atoms with Crippen molar-refractivity contribution in [3.63, 3.8) is 0 Å². The van der Waals surface area contributed by atoms with E-state index in [-0.39, 0.29) is 5.82 Å². The maximum absolute atomic E-state index is 13.5. The van der Waals surface area contributed by atoms with E-state index in [1.165, 1.54) is 22.9 Å². The average Bonchev–Trinajstić information content (AvgIpc) is 2.69. The van der Waals surface area contributed by atoms with Gasteiger partial charge in [0.25, 0.3) is 0 Å². The Labute approximate surface area is 166 Å². The summed E-state index contributed by atoms with van der Waals surface area (Å²) in [6, 6.07) is 23.6. The summed E-state index contributed by atoms with van der Waals surface area (Å²) >= 11 is 0. The molecule has 0 aromatic heterocycles. The average molecular weight is 370 g/mol. The Morgan fingerprint density at radius 2 is 1.75 bits per heavy atom. The predicted octanol–water partition coefficient (Wildman–Crippen LogP) is 4.83. The number of fused-ring (bicyclic) bond motifs is 1. The van der Waals surface area contributed by atoms with Crippen LogP contribution in [-0.2, 0) is 19.5 Å². The Bertz CT molecular complexity index is 1020. The molecule has 0 saturated carbocycles. The van der Waals surface area contributed by atoms with Crippen LogP contribution in [0.1, 0.15) is 22.3 Å². The third-order valence-corrected chi connectivity index (χ3v) is 4.96. The maximum atomic E-state index is 13.5. The fourth-order valence-corrected chi connectivity index (χ4v) is 3.67. The molecular weight excluding hydrogens is 347 g/mol. The first kappa shape index (κ1) is 18.3. The van der Waals surface area contributed by atoms with E-state index in [9.17, 15) is 4.39 Å². The van der Waals surface area contributed by atoms with E-state index in [0.29, 0.717) is 0 Å². The van der Waals surface area contributed by atoms with Gasteiger partial charge in [-0.05, 0) is 47.0 Å². The summed E-state index contributed by atoms with van der Waals surface area (Å²) < 4.78 is 13.5. The van der Waals surface area contributed by atoms with Gasteiger partial charge in [0.2, 0.25) is 0 Å². The van der Waals surface area contributed by atoms with Gasteiger partial charge in [0.1, 0.15) is 5.82 Å². The molecule has 3 heteroatoms. The molecule has 0 spiro atoms. The highest BCUT2D eigenvalue weighted by atomic mass is 19.1. The van der Waals surface area contributed by atoms with Crippen LogP contribution in [0.25, 0.3) is 0 Å². The molecule has 0 N–H and O–H groups in total. The van der Waals surface area contributed by atoms with Crippen molar-refractivity contribution in [3.05, 3.63) is 101 Å². The first-order valence-corrected chi connectivity index (χ1v) is 9.51. The molecule has 140 valence electrons. The van der Waals surface area contributed by atoms with Crippen molar-refractivity contribution in [3.8, 4) is 11.8 Å². The van der Waals surface area contributed by atoms with Crippen molar-refractivity contribution in [1.82, 2.24) is 4.90 Å². The van der Waals surface area contributed by atoms with E-state index in [1.54, 1.807) is 12.1 Å². The molecular formula is C25H23FN2. The lowest BCUT2D eigenvalue weighted by Gasteiger charge is -2.36. The zero-order valence-corrected chi connectivity index (χ0v) is 16.0. The van der Waals surface area contributed by atoms with Gasteiger partial charge in [0, 0.05) is 37.8 Å². The molecule has 0 bridgehead atoms. The molecule has 28 heavy (non-hydrogen) atoms. The molecule has 0 amide bonds. The first-order valence-electron chi connectivity index (χ1n) is 9.51. The van der Waals surface area contributed by atoms with Crippen LogP contribution in [0.5, 0.6) is 0 Å². The van der Waals surface area contributed by atoms with Crippen LogP contribution in [0.3, 0.4) is 0 Å². The van der Waals surface area contributed by atoms with Gasteiger partial charge in [0.15, 0.2) is 0 Å². The lowest BCUT2D eigenvalue weighted by molar-refractivity contribution is 0.248. The predicted molar refractivity (Wildman–Crippen MR) is 112 cm³/mol. The van der Waals surface area contributed by atoms with Crippen LogP contribution < -0.4 is 4.90 Å². The van der Waals surface area contributed by atoms with Crippen LogP contribution in [0.15, 0.2) is 72.8 Å². The van der Waals surface area contributed by atoms with Crippen molar-refractivity contribution >= 4 is 5.69 Å². The molecule has 0 saturated heterocycles. The van der Waals surface area contributed by atoms with E-state index in [4.69, 9.17) is 0 Å². The van der Waals surface area contributed by atoms with Crippen molar-refractivity contribution in [2.24, 2.45) is 0 Å². The van der Waals surface area contributed by atoms with Crippen LogP contribution in [-0.4, -0.2) is 18.6 Å². The second-order valence-corrected chi connectivity index (χ2v) is 7.26. The number of benzene rings is 3. The first-order chi connectivity index (χ1) is 13.7. The van der Waals surface area contributed by atoms with E-state index < -0.39 is 0 Å². The Balaban J connectivity index is 1.49. The minimum absolute atomic E-state index is 0.181. The Morgan fingerprint density at radius 1 is 0.929 bits per heavy atom. The number of nitrogens with zero attached hydrogens (tertiary/aromatic N) is 2. The number of hydrogen-bond acceptors (Lipinski definition) is 2. The molecule has 0 fully saturated rings. The lowest BCUT2D eigenvalue weighted by atomic mass is 10.0. The van der Waals surface area contributed by atoms with Crippen LogP contribution >= 0.6 is 0 Å². The van der Waals surface area contributed by atoms with Crippen molar-refractivity contribution in [1.29, 1.82) is 0 Å². The molecule has 3 aromatic carbocycles. The Hall–Kier alpha value is -3.09. The highest BCUT2D eigenvalue weighted by Crippen LogP contribution is 2.28. The van der Waals surface area contributed by atoms with Gasteiger partial charge in [-0.15, -0.1) is 0 Å². The fraction of sp³-hybridized carbons (Fsp3) is 0.200. The lowest BCUT2D eigenvalue weighted by Crippen LogP contribution is -2.39. The number of rotatable bonds is 3. The van der Waals surface area contributed by atoms with Crippen LogP contribution in [0, 0.1) is 17.7 Å². The van der Waals surface area contributed by atoms with E-state index >= 15 is 0 Å². The van der Waals surface area contributed by atoms with Crippen molar-refractivity contribution in [2.75, 3.05) is 18.6 Å². The second kappa shape index (κ2) is 8.29. The summed E-state index contributed by atoms with van der Waals surface area (Å²) in [6.07, 6.45) is 0.753. The third kappa shape index (κ3) is 4.42. The van der Waals surface area contributed by atoms with Crippen LogP contribution in [0.2, 0.25) is 0 Å². The maximum Gasteiger partial charge on any atom is 0.123 e. The molecule has 0 aliphatic carbocycles. The normalized spacial score (nSPS) is 13.6. The molecule has 1 aliphatic rings. The van der Waals surface area contributed by atoms with Crippen molar-refractivity contribution < 1.29 is 4.39 Å². The highest BCUT2D eigenvalue weighted by molar-refractivity contribution is 5.58. The zero-order chi connectivity index (χ0) is 19.3. The smallest absolute Gasteiger partial charge is 0.123 e. The van der Waals surface area contributed by atoms with Crippen LogP contribution in [0.4, 0.5) is 10.1 Å². The van der Waals surface area contributed by atoms with E-state index in [2.05, 4.69) is 59.0 Å². The molecule has 2 nitrogen and oxygen atoms in total. The summed E-state index contributed by atoms with van der Waals surface area (Å²) in [7, 11) is 2.09. The number of hydrogen-bond donors (Lipinski definition) is 0. The quantitative estimate of drug-likeness (QED) is 0.610. The monoisotopic (exact) mass is 370 g/mol. The van der Waals surface area contributed by atoms with Crippen molar-refractivity contribution in [2.45, 2.75) is 19.5 Å². The highest BCUT2D eigenvalue weighted by Gasteiger charge is 2.20. The minimum atomic E-state index is -0.181. The molecule has 3 aromatic rings. The van der Waals surface area contributed by atoms with Gasteiger partial charge in [-0.2, -0.15) is 0 Å². The summed E-state index contributed by atoms with van der Waals surface area (Å²) in [4.78, 5) is 4.55. The summed E-state index contributed by atoms with van der Waals surface area (Å²) in [6.45, 7) is 2.39. The minimum Gasteiger partial charge on any atom is -0.361 e. The molecule has 1 aliphatic heterocycles. The molecule has 0 atom stereocenters. The Morgan fingerprint density at radius 3 is 2.57 bits per heavy atom. The van der Waals surface area contributed by atoms with Gasteiger partial charge in [0.05, 0.1) is 6.67 Å². The number of halogens is 1. The third-order valence-electron chi connectivity index (χ3n) is 4.96. The van der Waals surface area contributed by atoms with E-state index in [1.807, 2.05) is 24.3 Å². The summed E-state index contributed by atoms with van der Waals surface area (Å²) in [5.41, 5.74) is 5.76. The van der Waals surface area contributed by atoms with Gasteiger partial charge < -0.3 is 4.90 Å².